The third-order valence-corrected chi connectivity index (χ3v) is 3.78. The second-order valence-electron chi connectivity index (χ2n) is 5.24. The van der Waals surface area contributed by atoms with Crippen LogP contribution in [0.3, 0.4) is 0 Å². The van der Waals surface area contributed by atoms with E-state index >= 15 is 0 Å². The lowest BCUT2D eigenvalue weighted by Gasteiger charge is -2.33. The summed E-state index contributed by atoms with van der Waals surface area (Å²) in [6.45, 7) is 4.80. The number of nitro benzene ring substituents is 1. The number of hydrogen-bond donors (Lipinski definition) is 1. The molecule has 1 saturated heterocycles. The molecule has 1 aromatic rings. The summed E-state index contributed by atoms with van der Waals surface area (Å²) in [4.78, 5) is 13.0. The van der Waals surface area contributed by atoms with Gasteiger partial charge < -0.3 is 10.2 Å². The molecule has 0 radical (unpaired) electrons. The average molecular weight is 263 g/mol. The predicted octanol–water partition coefficient (Wildman–Crippen LogP) is 2.34. The van der Waals surface area contributed by atoms with Crippen LogP contribution in [0.2, 0.25) is 0 Å². The van der Waals surface area contributed by atoms with Crippen LogP contribution < -0.4 is 10.2 Å². The molecule has 1 heterocycles. The summed E-state index contributed by atoms with van der Waals surface area (Å²) in [5.41, 5.74) is 2.06. The Labute approximate surface area is 113 Å². The van der Waals surface area contributed by atoms with Crippen molar-refractivity contribution in [3.05, 3.63) is 33.9 Å². The van der Waals surface area contributed by atoms with Gasteiger partial charge in [-0.3, -0.25) is 10.1 Å². The second kappa shape index (κ2) is 6.02. The summed E-state index contributed by atoms with van der Waals surface area (Å²) in [6.07, 6.45) is 2.18. The summed E-state index contributed by atoms with van der Waals surface area (Å²) in [5, 5.41) is 14.3. The molecule has 1 aromatic carbocycles. The van der Waals surface area contributed by atoms with Gasteiger partial charge in [0.25, 0.3) is 5.69 Å². The van der Waals surface area contributed by atoms with Crippen molar-refractivity contribution in [3.8, 4) is 0 Å². The first-order chi connectivity index (χ1) is 9.11. The van der Waals surface area contributed by atoms with Gasteiger partial charge in [-0.1, -0.05) is 6.07 Å². The van der Waals surface area contributed by atoms with E-state index in [2.05, 4.69) is 10.2 Å². The minimum Gasteiger partial charge on any atom is -0.366 e. The molecule has 0 spiro atoms. The SMILES string of the molecule is CNCC1CCN(c2cc(C)ccc2[N+](=O)[O-])CC1. The summed E-state index contributed by atoms with van der Waals surface area (Å²) < 4.78 is 0. The fraction of sp³-hybridized carbons (Fsp3) is 0.571. The Balaban J connectivity index is 2.14. The van der Waals surface area contributed by atoms with E-state index in [4.69, 9.17) is 0 Å². The zero-order valence-electron chi connectivity index (χ0n) is 11.6. The highest BCUT2D eigenvalue weighted by Gasteiger charge is 2.24. The molecule has 5 nitrogen and oxygen atoms in total. The first-order valence-electron chi connectivity index (χ1n) is 6.76. The number of hydrogen-bond acceptors (Lipinski definition) is 4. The molecule has 1 aliphatic heterocycles. The van der Waals surface area contributed by atoms with Crippen LogP contribution >= 0.6 is 0 Å². The van der Waals surface area contributed by atoms with Crippen molar-refractivity contribution < 1.29 is 4.92 Å². The van der Waals surface area contributed by atoms with Crippen molar-refractivity contribution in [1.82, 2.24) is 5.32 Å². The molecule has 0 unspecified atom stereocenters. The molecule has 1 aliphatic rings. The van der Waals surface area contributed by atoms with Crippen LogP contribution in [0, 0.1) is 23.0 Å². The largest absolute Gasteiger partial charge is 0.366 e. The minimum atomic E-state index is -0.283. The normalized spacial score (nSPS) is 16.6. The Morgan fingerprint density at radius 2 is 2.11 bits per heavy atom. The summed E-state index contributed by atoms with van der Waals surface area (Å²) in [6, 6.07) is 5.34. The standard InChI is InChI=1S/C14H21N3O2/c1-11-3-4-13(17(18)19)14(9-11)16-7-5-12(6-8-16)10-15-2/h3-4,9,12,15H,5-8,10H2,1-2H3. The maximum Gasteiger partial charge on any atom is 0.292 e. The lowest BCUT2D eigenvalue weighted by Crippen LogP contribution is -2.37. The number of rotatable bonds is 4. The number of nitrogens with one attached hydrogen (secondary N) is 1. The monoisotopic (exact) mass is 263 g/mol. The van der Waals surface area contributed by atoms with Crippen molar-refractivity contribution in [2.45, 2.75) is 19.8 Å². The number of benzene rings is 1. The van der Waals surface area contributed by atoms with Crippen LogP contribution in [0.4, 0.5) is 11.4 Å². The Bertz CT molecular complexity index is 454. The summed E-state index contributed by atoms with van der Waals surface area (Å²) in [7, 11) is 1.97. The van der Waals surface area contributed by atoms with Gasteiger partial charge in [0.05, 0.1) is 4.92 Å². The van der Waals surface area contributed by atoms with E-state index in [0.717, 1.165) is 43.7 Å². The molecule has 5 heteroatoms. The zero-order chi connectivity index (χ0) is 13.8. The van der Waals surface area contributed by atoms with Crippen molar-refractivity contribution in [1.29, 1.82) is 0 Å². The highest BCUT2D eigenvalue weighted by Crippen LogP contribution is 2.32. The van der Waals surface area contributed by atoms with Crippen molar-refractivity contribution in [2.75, 3.05) is 31.6 Å². The van der Waals surface area contributed by atoms with E-state index in [1.807, 2.05) is 20.0 Å². The van der Waals surface area contributed by atoms with Gasteiger partial charge in [-0.2, -0.15) is 0 Å². The van der Waals surface area contributed by atoms with E-state index in [1.54, 1.807) is 12.1 Å². The number of nitro groups is 1. The average Bonchev–Trinajstić information content (AvgIpc) is 2.39. The minimum absolute atomic E-state index is 0.220. The molecular formula is C14H21N3O2. The summed E-state index contributed by atoms with van der Waals surface area (Å²) >= 11 is 0. The molecule has 0 amide bonds. The van der Waals surface area contributed by atoms with Crippen molar-refractivity contribution in [2.24, 2.45) is 5.92 Å². The van der Waals surface area contributed by atoms with E-state index in [1.165, 1.54) is 0 Å². The molecule has 0 bridgehead atoms. The lowest BCUT2D eigenvalue weighted by atomic mass is 9.96. The fourth-order valence-corrected chi connectivity index (χ4v) is 2.71. The third-order valence-electron chi connectivity index (χ3n) is 3.78. The van der Waals surface area contributed by atoms with Gasteiger partial charge in [0.15, 0.2) is 0 Å². The molecule has 2 rings (SSSR count). The maximum atomic E-state index is 11.1. The molecular weight excluding hydrogens is 242 g/mol. The smallest absolute Gasteiger partial charge is 0.292 e. The molecule has 1 N–H and O–H groups in total. The number of nitrogens with zero attached hydrogens (tertiary/aromatic N) is 2. The van der Waals surface area contributed by atoms with Crippen LogP contribution in [0.15, 0.2) is 18.2 Å². The van der Waals surface area contributed by atoms with Crippen molar-refractivity contribution >= 4 is 11.4 Å². The lowest BCUT2D eigenvalue weighted by molar-refractivity contribution is -0.384. The van der Waals surface area contributed by atoms with Gasteiger partial charge in [-0.15, -0.1) is 0 Å². The third kappa shape index (κ3) is 3.23. The van der Waals surface area contributed by atoms with Gasteiger partial charge in [0.2, 0.25) is 0 Å². The van der Waals surface area contributed by atoms with Crippen LogP contribution in [0.1, 0.15) is 18.4 Å². The second-order valence-corrected chi connectivity index (χ2v) is 5.24. The molecule has 1 fully saturated rings. The van der Waals surface area contributed by atoms with Gasteiger partial charge in [0, 0.05) is 19.2 Å². The Morgan fingerprint density at radius 1 is 1.42 bits per heavy atom. The van der Waals surface area contributed by atoms with E-state index in [0.29, 0.717) is 5.92 Å². The molecule has 0 atom stereocenters. The molecule has 0 aromatic heterocycles. The Hall–Kier alpha value is -1.62. The fourth-order valence-electron chi connectivity index (χ4n) is 2.71. The van der Waals surface area contributed by atoms with Gasteiger partial charge in [-0.05, 0) is 50.9 Å². The Morgan fingerprint density at radius 3 is 2.68 bits per heavy atom. The molecule has 0 saturated carbocycles. The summed E-state index contributed by atoms with van der Waals surface area (Å²) in [5.74, 6) is 0.685. The molecule has 104 valence electrons. The first-order valence-corrected chi connectivity index (χ1v) is 6.76. The molecule has 19 heavy (non-hydrogen) atoms. The molecule has 0 aliphatic carbocycles. The number of piperidine rings is 1. The number of aryl methyl sites for hydroxylation is 1. The highest BCUT2D eigenvalue weighted by molar-refractivity contribution is 5.64. The quantitative estimate of drug-likeness (QED) is 0.669. The topological polar surface area (TPSA) is 58.4 Å². The predicted molar refractivity (Wildman–Crippen MR) is 76.7 cm³/mol. The van der Waals surface area contributed by atoms with Gasteiger partial charge in [0.1, 0.15) is 5.69 Å². The van der Waals surface area contributed by atoms with Crippen LogP contribution in [0.5, 0.6) is 0 Å². The maximum absolute atomic E-state index is 11.1. The van der Waals surface area contributed by atoms with E-state index in [9.17, 15) is 10.1 Å². The first kappa shape index (κ1) is 13.8. The van der Waals surface area contributed by atoms with Crippen LogP contribution in [-0.4, -0.2) is 31.6 Å². The van der Waals surface area contributed by atoms with Gasteiger partial charge >= 0.3 is 0 Å². The van der Waals surface area contributed by atoms with E-state index in [-0.39, 0.29) is 10.6 Å². The van der Waals surface area contributed by atoms with E-state index < -0.39 is 0 Å². The number of anilines is 1. The van der Waals surface area contributed by atoms with Crippen LogP contribution in [-0.2, 0) is 0 Å². The highest BCUT2D eigenvalue weighted by atomic mass is 16.6. The van der Waals surface area contributed by atoms with Gasteiger partial charge in [-0.25, -0.2) is 0 Å². The van der Waals surface area contributed by atoms with Crippen molar-refractivity contribution in [3.63, 3.8) is 0 Å². The van der Waals surface area contributed by atoms with Crippen LogP contribution in [0.25, 0.3) is 0 Å². The Kier molecular flexibility index (Phi) is 4.37. The zero-order valence-corrected chi connectivity index (χ0v) is 11.6.